The molecule has 4 aromatic carbocycles. The summed E-state index contributed by atoms with van der Waals surface area (Å²) in [4.78, 5) is 35.8. The van der Waals surface area contributed by atoms with E-state index in [0.717, 1.165) is 26.7 Å². The van der Waals surface area contributed by atoms with Crippen LogP contribution in [0.25, 0.3) is 0 Å². The molecule has 7 heteroatoms. The van der Waals surface area contributed by atoms with Crippen LogP contribution in [0.2, 0.25) is 19.3 Å². The summed E-state index contributed by atoms with van der Waals surface area (Å²) in [5.74, 6) is -2.35. The molecular formula is C40H44O6Sn. The van der Waals surface area contributed by atoms with Crippen LogP contribution in [0.4, 0.5) is 0 Å². The third-order valence-electron chi connectivity index (χ3n) is 9.13. The summed E-state index contributed by atoms with van der Waals surface area (Å²) in [6.45, 7) is 3.71. The van der Waals surface area contributed by atoms with Crippen LogP contribution in [0.5, 0.6) is 0 Å². The quantitative estimate of drug-likeness (QED) is 0.147. The van der Waals surface area contributed by atoms with Crippen molar-refractivity contribution in [2.45, 2.75) is 75.1 Å². The number of esters is 2. The summed E-state index contributed by atoms with van der Waals surface area (Å²) in [7, 11) is 0. The van der Waals surface area contributed by atoms with E-state index in [1.165, 1.54) is 0 Å². The van der Waals surface area contributed by atoms with E-state index in [-0.39, 0.29) is 12.4 Å². The second-order valence-electron chi connectivity index (χ2n) is 14.3. The Bertz CT molecular complexity index is 1590. The number of ether oxygens (including phenoxy) is 4. The monoisotopic (exact) mass is 740 g/mol. The van der Waals surface area contributed by atoms with Crippen LogP contribution in [-0.4, -0.2) is 48.3 Å². The minimum absolute atomic E-state index is 0.0639. The molecule has 0 aliphatic carbocycles. The second kappa shape index (κ2) is 13.2. The zero-order valence-electron chi connectivity index (χ0n) is 27.8. The maximum absolute atomic E-state index is 14.7. The van der Waals surface area contributed by atoms with Crippen molar-refractivity contribution < 1.29 is 28.5 Å². The zero-order valence-corrected chi connectivity index (χ0v) is 30.7. The van der Waals surface area contributed by atoms with Crippen molar-refractivity contribution in [2.75, 3.05) is 0 Å². The molecule has 2 saturated heterocycles. The van der Waals surface area contributed by atoms with Crippen molar-refractivity contribution >= 4 is 30.3 Å². The Morgan fingerprint density at radius 2 is 0.957 bits per heavy atom. The molecule has 2 aliphatic heterocycles. The van der Waals surface area contributed by atoms with E-state index in [2.05, 4.69) is 14.8 Å². The minimum atomic E-state index is -2.60. The normalized spacial score (nSPS) is 23.9. The maximum atomic E-state index is 14.7. The second-order valence-corrected chi connectivity index (χ2v) is 30.1. The molecule has 0 N–H and O–H groups in total. The van der Waals surface area contributed by atoms with Gasteiger partial charge in [-0.2, -0.15) is 0 Å². The third-order valence-corrected chi connectivity index (χ3v) is 14.0. The predicted octanol–water partition coefficient (Wildman–Crippen LogP) is 8.23. The number of hydrogen-bond donors (Lipinski definition) is 0. The molecule has 6 nitrogen and oxygen atoms in total. The van der Waals surface area contributed by atoms with Gasteiger partial charge in [-0.3, -0.25) is 0 Å². The Hall–Kier alpha value is -3.46. The van der Waals surface area contributed by atoms with Crippen molar-refractivity contribution in [3.63, 3.8) is 0 Å². The van der Waals surface area contributed by atoms with Crippen LogP contribution in [-0.2, 0) is 39.7 Å². The van der Waals surface area contributed by atoms with Crippen molar-refractivity contribution in [1.29, 1.82) is 0 Å². The van der Waals surface area contributed by atoms with Gasteiger partial charge in [0.15, 0.2) is 0 Å². The van der Waals surface area contributed by atoms with Gasteiger partial charge in [-0.15, -0.1) is 0 Å². The first kappa shape index (κ1) is 33.4. The van der Waals surface area contributed by atoms with Gasteiger partial charge in [0.05, 0.1) is 0 Å². The van der Waals surface area contributed by atoms with Gasteiger partial charge in [0.2, 0.25) is 0 Å². The Morgan fingerprint density at radius 3 is 1.32 bits per heavy atom. The molecule has 244 valence electrons. The average molecular weight is 739 g/mol. The number of hydrogen-bond acceptors (Lipinski definition) is 6. The zero-order chi connectivity index (χ0) is 33.3. The molecule has 0 aromatic heterocycles. The summed E-state index contributed by atoms with van der Waals surface area (Å²) in [5, 5.41) is 0. The molecule has 0 saturated carbocycles. The van der Waals surface area contributed by atoms with E-state index in [9.17, 15) is 9.59 Å². The summed E-state index contributed by atoms with van der Waals surface area (Å²) >= 11 is -2.60. The Kier molecular flexibility index (Phi) is 9.40. The van der Waals surface area contributed by atoms with E-state index in [4.69, 9.17) is 18.9 Å². The first-order chi connectivity index (χ1) is 22.4. The fraction of sp³-hybridized carbons (Fsp3) is 0.350. The summed E-state index contributed by atoms with van der Waals surface area (Å²) < 4.78 is 28.6. The molecule has 0 bridgehead atoms. The van der Waals surface area contributed by atoms with Gasteiger partial charge >= 0.3 is 283 Å². The number of carbonyl (C=O) groups excluding carboxylic acids is 2. The molecule has 2 heterocycles. The van der Waals surface area contributed by atoms with Crippen molar-refractivity contribution in [3.8, 4) is 0 Å². The molecule has 0 spiro atoms. The van der Waals surface area contributed by atoms with Crippen LogP contribution in [0.3, 0.4) is 0 Å². The third kappa shape index (κ3) is 6.65. The number of benzene rings is 4. The Balaban J connectivity index is 1.71. The summed E-state index contributed by atoms with van der Waals surface area (Å²) in [6, 6.07) is 39.0. The first-order valence-electron chi connectivity index (χ1n) is 16.5. The molecule has 47 heavy (non-hydrogen) atoms. The van der Waals surface area contributed by atoms with Gasteiger partial charge < -0.3 is 0 Å². The molecule has 0 radical (unpaired) electrons. The van der Waals surface area contributed by atoms with Gasteiger partial charge in [-0.05, 0) is 0 Å². The SMILES string of the molecule is CC1(C)O[C@@H]2[C@@H](O1)C(c1ccccc1)(c1ccccc1)OC(=O)C([CH2][Sn]([CH3])([CH3])[CH3])CCC(=O)OC2(c1ccccc1)c1ccccc1. The van der Waals surface area contributed by atoms with Crippen molar-refractivity contribution in [2.24, 2.45) is 5.92 Å². The molecule has 4 aromatic rings. The number of carbonyl (C=O) groups is 2. The van der Waals surface area contributed by atoms with Crippen LogP contribution in [0.1, 0.15) is 48.9 Å². The van der Waals surface area contributed by atoms with E-state index in [1.54, 1.807) is 0 Å². The van der Waals surface area contributed by atoms with Crippen molar-refractivity contribution in [1.82, 2.24) is 0 Å². The van der Waals surface area contributed by atoms with Crippen LogP contribution in [0.15, 0.2) is 121 Å². The average Bonchev–Trinajstić information content (AvgIpc) is 3.40. The summed E-state index contributed by atoms with van der Waals surface area (Å²) in [5.41, 5.74) is 0.0409. The Morgan fingerprint density at radius 1 is 0.596 bits per heavy atom. The molecule has 3 atom stereocenters. The van der Waals surface area contributed by atoms with Crippen LogP contribution >= 0.6 is 0 Å². The molecule has 0 amide bonds. The predicted molar refractivity (Wildman–Crippen MR) is 184 cm³/mol. The van der Waals surface area contributed by atoms with Gasteiger partial charge in [0.25, 0.3) is 0 Å². The van der Waals surface area contributed by atoms with Crippen LogP contribution in [0, 0.1) is 5.92 Å². The number of cyclic esters (lactones) is 2. The van der Waals surface area contributed by atoms with E-state index in [1.807, 2.05) is 135 Å². The van der Waals surface area contributed by atoms with E-state index >= 15 is 0 Å². The van der Waals surface area contributed by atoms with Gasteiger partial charge in [-0.25, -0.2) is 0 Å². The number of fused-ring (bicyclic) bond motifs is 1. The first-order valence-corrected chi connectivity index (χ1v) is 27.1. The van der Waals surface area contributed by atoms with Crippen LogP contribution < -0.4 is 0 Å². The molecule has 2 fully saturated rings. The fourth-order valence-corrected chi connectivity index (χ4v) is 12.5. The van der Waals surface area contributed by atoms with E-state index in [0.29, 0.717) is 6.42 Å². The summed E-state index contributed by atoms with van der Waals surface area (Å²) in [6.07, 6.45) is -1.50. The topological polar surface area (TPSA) is 71.1 Å². The molecular weight excluding hydrogens is 695 g/mol. The Labute approximate surface area is 282 Å². The van der Waals surface area contributed by atoms with Gasteiger partial charge in [0.1, 0.15) is 0 Å². The number of rotatable bonds is 6. The molecule has 2 aliphatic rings. The standard InChI is InChI=1S/C37H35O6.3CH3.Sn/c1-26-24-25-31(38)40-36(27-16-8-4-9-17-27,28-18-10-5-11-19-28)32-33(42-35(2,3)41-32)37(43-34(26)39,29-20-12-6-13-21-29)30-22-14-7-15-23-30;;;;/h4-23,26,32-33H,1,24-25H2,2-3H3;3*1H3;/t26?,32-,33-;;;;/m1..../s1. The van der Waals surface area contributed by atoms with Gasteiger partial charge in [0, 0.05) is 0 Å². The van der Waals surface area contributed by atoms with Gasteiger partial charge in [-0.1, -0.05) is 0 Å². The molecule has 6 rings (SSSR count). The van der Waals surface area contributed by atoms with E-state index < -0.39 is 59.5 Å². The molecule has 1 unspecified atom stereocenters. The van der Waals surface area contributed by atoms with Crippen molar-refractivity contribution in [3.05, 3.63) is 144 Å². The fourth-order valence-electron chi connectivity index (χ4n) is 7.25.